The minimum absolute atomic E-state index is 0.522. The van der Waals surface area contributed by atoms with Gasteiger partial charge in [-0.1, -0.05) is 33.6 Å². The van der Waals surface area contributed by atoms with E-state index < -0.39 is 0 Å². The van der Waals surface area contributed by atoms with Crippen LogP contribution in [0.1, 0.15) is 5.56 Å². The summed E-state index contributed by atoms with van der Waals surface area (Å²) in [5.41, 5.74) is 1.21. The van der Waals surface area contributed by atoms with Crippen LogP contribution in [0.4, 0.5) is 0 Å². The lowest BCUT2D eigenvalue weighted by atomic mass is 10.2. The van der Waals surface area contributed by atoms with E-state index in [1.54, 1.807) is 7.11 Å². The molecule has 1 aromatic carbocycles. The Morgan fingerprint density at radius 3 is 2.80 bits per heavy atom. The first-order valence-corrected chi connectivity index (χ1v) is 6.24. The summed E-state index contributed by atoms with van der Waals surface area (Å²) in [5, 5.41) is 1.58. The fraction of sp³-hybridized carbons (Fsp3) is 0.455. The molecule has 1 rings (SSSR count). The summed E-state index contributed by atoms with van der Waals surface area (Å²) in [5.74, 6) is 0.729. The van der Waals surface area contributed by atoms with Crippen molar-refractivity contribution in [3.63, 3.8) is 0 Å². The highest BCUT2D eigenvalue weighted by atomic mass is 79.9. The van der Waals surface area contributed by atoms with Crippen LogP contribution in [0.5, 0.6) is 5.75 Å². The number of hydrogen-bond donors (Lipinski definition) is 0. The van der Waals surface area contributed by atoms with Gasteiger partial charge >= 0.3 is 0 Å². The molecule has 0 fully saturated rings. The zero-order chi connectivity index (χ0) is 11.1. The second-order valence-electron chi connectivity index (χ2n) is 3.05. The Hall–Kier alpha value is -0.250. The Morgan fingerprint density at radius 2 is 2.13 bits per heavy atom. The zero-order valence-electron chi connectivity index (χ0n) is 8.63. The molecule has 0 spiro atoms. The van der Waals surface area contributed by atoms with Gasteiger partial charge in [-0.3, -0.25) is 0 Å². The van der Waals surface area contributed by atoms with Crippen molar-refractivity contribution in [1.29, 1.82) is 0 Å². The molecule has 0 saturated heterocycles. The average molecular weight is 294 g/mol. The second kappa shape index (κ2) is 7.09. The molecule has 0 radical (unpaired) electrons. The third-order valence-electron chi connectivity index (χ3n) is 1.92. The molecule has 0 aliphatic heterocycles. The lowest BCUT2D eigenvalue weighted by molar-refractivity contribution is 0.146. The van der Waals surface area contributed by atoms with E-state index in [0.29, 0.717) is 18.2 Å². The van der Waals surface area contributed by atoms with Crippen molar-refractivity contribution >= 4 is 27.5 Å². The summed E-state index contributed by atoms with van der Waals surface area (Å²) >= 11 is 9.40. The van der Waals surface area contributed by atoms with Gasteiger partial charge in [0.25, 0.3) is 0 Å². The van der Waals surface area contributed by atoms with Gasteiger partial charge in [0.1, 0.15) is 12.4 Å². The van der Waals surface area contributed by atoms with Crippen LogP contribution in [0.15, 0.2) is 18.2 Å². The Balaban J connectivity index is 2.63. The van der Waals surface area contributed by atoms with E-state index in [0.717, 1.165) is 17.5 Å². The van der Waals surface area contributed by atoms with Gasteiger partial charge in [0.15, 0.2) is 0 Å². The maximum Gasteiger partial charge on any atom is 0.138 e. The largest absolute Gasteiger partial charge is 0.490 e. The normalized spacial score (nSPS) is 10.3. The quantitative estimate of drug-likeness (QED) is 0.592. The predicted molar refractivity (Wildman–Crippen MR) is 66.3 cm³/mol. The molecule has 15 heavy (non-hydrogen) atoms. The third kappa shape index (κ3) is 4.41. The average Bonchev–Trinajstić information content (AvgIpc) is 2.23. The lowest BCUT2D eigenvalue weighted by Crippen LogP contribution is -2.04. The van der Waals surface area contributed by atoms with Crippen LogP contribution in [0.3, 0.4) is 0 Å². The van der Waals surface area contributed by atoms with Crippen molar-refractivity contribution in [2.45, 2.75) is 6.42 Å². The van der Waals surface area contributed by atoms with E-state index in [-0.39, 0.29) is 0 Å². The molecular weight excluding hydrogens is 279 g/mol. The van der Waals surface area contributed by atoms with Crippen LogP contribution < -0.4 is 4.74 Å². The molecule has 2 nitrogen and oxygen atoms in total. The van der Waals surface area contributed by atoms with Crippen molar-refractivity contribution in [3.05, 3.63) is 28.8 Å². The van der Waals surface area contributed by atoms with Gasteiger partial charge in [0, 0.05) is 12.4 Å². The van der Waals surface area contributed by atoms with Gasteiger partial charge in [-0.25, -0.2) is 0 Å². The van der Waals surface area contributed by atoms with Gasteiger partial charge in [-0.2, -0.15) is 0 Å². The van der Waals surface area contributed by atoms with E-state index in [1.165, 1.54) is 5.56 Å². The van der Waals surface area contributed by atoms with Crippen molar-refractivity contribution in [1.82, 2.24) is 0 Å². The maximum atomic E-state index is 6.00. The molecular formula is C11H14BrClO2. The molecule has 0 amide bonds. The summed E-state index contributed by atoms with van der Waals surface area (Å²) in [6, 6.07) is 5.84. The zero-order valence-corrected chi connectivity index (χ0v) is 11.0. The molecule has 0 aliphatic carbocycles. The minimum atomic E-state index is 0.522. The van der Waals surface area contributed by atoms with Crippen molar-refractivity contribution in [2.24, 2.45) is 0 Å². The van der Waals surface area contributed by atoms with E-state index in [2.05, 4.69) is 15.9 Å². The summed E-state index contributed by atoms with van der Waals surface area (Å²) in [6.45, 7) is 1.09. The number of methoxy groups -OCH3 is 1. The molecule has 0 bridgehead atoms. The SMILES string of the molecule is COCCOc1cc(CCBr)ccc1Cl. The van der Waals surface area contributed by atoms with E-state index >= 15 is 0 Å². The summed E-state index contributed by atoms with van der Waals surface area (Å²) < 4.78 is 10.4. The van der Waals surface area contributed by atoms with Gasteiger partial charge in [-0.05, 0) is 24.1 Å². The molecule has 1 aromatic rings. The van der Waals surface area contributed by atoms with Crippen molar-refractivity contribution in [3.8, 4) is 5.75 Å². The smallest absolute Gasteiger partial charge is 0.138 e. The van der Waals surface area contributed by atoms with Crippen LogP contribution in [0.25, 0.3) is 0 Å². The number of rotatable bonds is 6. The number of benzene rings is 1. The number of hydrogen-bond acceptors (Lipinski definition) is 2. The molecule has 4 heteroatoms. The second-order valence-corrected chi connectivity index (χ2v) is 4.25. The number of alkyl halides is 1. The fourth-order valence-electron chi connectivity index (χ4n) is 1.16. The Bertz CT molecular complexity index is 305. The van der Waals surface area contributed by atoms with Crippen LogP contribution >= 0.6 is 27.5 Å². The van der Waals surface area contributed by atoms with Crippen molar-refractivity contribution < 1.29 is 9.47 Å². The minimum Gasteiger partial charge on any atom is -0.490 e. The molecule has 0 aliphatic rings. The van der Waals surface area contributed by atoms with Gasteiger partial charge in [0.2, 0.25) is 0 Å². The highest BCUT2D eigenvalue weighted by Crippen LogP contribution is 2.25. The Kier molecular flexibility index (Phi) is 6.06. The van der Waals surface area contributed by atoms with Crippen LogP contribution in [-0.4, -0.2) is 25.7 Å². The fourth-order valence-corrected chi connectivity index (χ4v) is 1.79. The van der Waals surface area contributed by atoms with E-state index in [4.69, 9.17) is 21.1 Å². The standard InChI is InChI=1S/C11H14BrClO2/c1-14-6-7-15-11-8-9(4-5-12)2-3-10(11)13/h2-3,8H,4-7H2,1H3. The van der Waals surface area contributed by atoms with Gasteiger partial charge < -0.3 is 9.47 Å². The molecule has 0 N–H and O–H groups in total. The summed E-state index contributed by atoms with van der Waals surface area (Å²) in [6.07, 6.45) is 0.970. The first-order valence-electron chi connectivity index (χ1n) is 4.74. The Labute approximate surface area is 104 Å². The number of ether oxygens (including phenoxy) is 2. The van der Waals surface area contributed by atoms with Crippen LogP contribution in [0.2, 0.25) is 5.02 Å². The van der Waals surface area contributed by atoms with Gasteiger partial charge in [0.05, 0.1) is 11.6 Å². The molecule has 0 aromatic heterocycles. The number of halogens is 2. The predicted octanol–water partition coefficient (Wildman–Crippen LogP) is 3.30. The first kappa shape index (κ1) is 12.8. The topological polar surface area (TPSA) is 18.5 Å². The number of aryl methyl sites for hydroxylation is 1. The lowest BCUT2D eigenvalue weighted by Gasteiger charge is -2.09. The van der Waals surface area contributed by atoms with Crippen LogP contribution in [0, 0.1) is 0 Å². The Morgan fingerprint density at radius 1 is 1.33 bits per heavy atom. The first-order chi connectivity index (χ1) is 7.27. The molecule has 0 saturated carbocycles. The van der Waals surface area contributed by atoms with Crippen LogP contribution in [-0.2, 0) is 11.2 Å². The monoisotopic (exact) mass is 292 g/mol. The molecule has 0 atom stereocenters. The van der Waals surface area contributed by atoms with E-state index in [1.807, 2.05) is 18.2 Å². The third-order valence-corrected chi connectivity index (χ3v) is 2.63. The van der Waals surface area contributed by atoms with E-state index in [9.17, 15) is 0 Å². The highest BCUT2D eigenvalue weighted by molar-refractivity contribution is 9.09. The summed E-state index contributed by atoms with van der Waals surface area (Å²) in [7, 11) is 1.65. The molecule has 0 unspecified atom stereocenters. The van der Waals surface area contributed by atoms with Crippen molar-refractivity contribution in [2.75, 3.05) is 25.7 Å². The molecule has 84 valence electrons. The van der Waals surface area contributed by atoms with Gasteiger partial charge in [-0.15, -0.1) is 0 Å². The maximum absolute atomic E-state index is 6.00. The summed E-state index contributed by atoms with van der Waals surface area (Å²) in [4.78, 5) is 0. The highest BCUT2D eigenvalue weighted by Gasteiger charge is 2.02. The molecule has 0 heterocycles.